The van der Waals surface area contributed by atoms with Gasteiger partial charge in [-0.1, -0.05) is 0 Å². The maximum absolute atomic E-state index is 11.9. The van der Waals surface area contributed by atoms with Gasteiger partial charge in [0.25, 0.3) is 5.91 Å². The number of nitrogens with one attached hydrogen (secondary N) is 2. The molecular weight excluding hydrogens is 258 g/mol. The van der Waals surface area contributed by atoms with Crippen molar-refractivity contribution >= 4 is 17.5 Å². The van der Waals surface area contributed by atoms with Crippen molar-refractivity contribution in [3.05, 3.63) is 23.8 Å². The summed E-state index contributed by atoms with van der Waals surface area (Å²) in [5, 5.41) is 5.66. The highest BCUT2D eigenvalue weighted by Crippen LogP contribution is 2.26. The van der Waals surface area contributed by atoms with E-state index < -0.39 is 0 Å². The second kappa shape index (κ2) is 7.49. The number of anilines is 1. The Bertz CT molecular complexity index is 487. The van der Waals surface area contributed by atoms with Crippen LogP contribution in [0.3, 0.4) is 0 Å². The molecule has 0 aromatic heterocycles. The van der Waals surface area contributed by atoms with E-state index in [4.69, 9.17) is 4.74 Å². The molecule has 1 aromatic rings. The van der Waals surface area contributed by atoms with Crippen molar-refractivity contribution in [2.24, 2.45) is 0 Å². The quantitative estimate of drug-likeness (QED) is 0.813. The van der Waals surface area contributed by atoms with Gasteiger partial charge in [0.15, 0.2) is 0 Å². The molecule has 0 aliphatic rings. The molecule has 0 aliphatic carbocycles. The molecule has 1 aromatic carbocycles. The molecule has 0 aliphatic heterocycles. The van der Waals surface area contributed by atoms with E-state index in [1.54, 1.807) is 39.3 Å². The molecule has 2 N–H and O–H groups in total. The summed E-state index contributed by atoms with van der Waals surface area (Å²) in [6, 6.07) is 4.97. The predicted molar refractivity (Wildman–Crippen MR) is 78.2 cm³/mol. The van der Waals surface area contributed by atoms with Crippen molar-refractivity contribution in [2.45, 2.75) is 6.42 Å². The van der Waals surface area contributed by atoms with Crippen molar-refractivity contribution in [1.29, 1.82) is 0 Å². The van der Waals surface area contributed by atoms with Crippen molar-refractivity contribution < 1.29 is 14.3 Å². The number of rotatable bonds is 6. The standard InChI is InChI=1S/C14H21N3O3/c1-15-8-7-13(18)16-11-9-10(14(19)17(2)3)5-6-12(11)20-4/h5-6,9,15H,7-8H2,1-4H3,(H,16,18). The summed E-state index contributed by atoms with van der Waals surface area (Å²) in [5.41, 5.74) is 1.00. The van der Waals surface area contributed by atoms with Crippen molar-refractivity contribution in [2.75, 3.05) is 40.1 Å². The summed E-state index contributed by atoms with van der Waals surface area (Å²) in [6.07, 6.45) is 0.353. The fraction of sp³-hybridized carbons (Fsp3) is 0.429. The average Bonchev–Trinajstić information content (AvgIpc) is 2.44. The smallest absolute Gasteiger partial charge is 0.253 e. The largest absolute Gasteiger partial charge is 0.495 e. The topological polar surface area (TPSA) is 70.7 Å². The van der Waals surface area contributed by atoms with Crippen LogP contribution >= 0.6 is 0 Å². The van der Waals surface area contributed by atoms with Gasteiger partial charge < -0.3 is 20.3 Å². The van der Waals surface area contributed by atoms with Crippen LogP contribution in [0.1, 0.15) is 16.8 Å². The lowest BCUT2D eigenvalue weighted by atomic mass is 10.1. The molecule has 20 heavy (non-hydrogen) atoms. The van der Waals surface area contributed by atoms with Crippen LogP contribution in [0.2, 0.25) is 0 Å². The average molecular weight is 279 g/mol. The second-order valence-electron chi connectivity index (χ2n) is 4.52. The summed E-state index contributed by atoms with van der Waals surface area (Å²) >= 11 is 0. The van der Waals surface area contributed by atoms with Gasteiger partial charge in [0.2, 0.25) is 5.91 Å². The van der Waals surface area contributed by atoms with E-state index in [0.717, 1.165) is 0 Å². The third-order valence-electron chi connectivity index (χ3n) is 2.73. The molecule has 0 fully saturated rings. The van der Waals surface area contributed by atoms with Crippen LogP contribution in [0.4, 0.5) is 5.69 Å². The molecule has 0 spiro atoms. The second-order valence-corrected chi connectivity index (χ2v) is 4.52. The van der Waals surface area contributed by atoms with Crippen LogP contribution in [0, 0.1) is 0 Å². The molecule has 0 radical (unpaired) electrons. The van der Waals surface area contributed by atoms with Crippen LogP contribution < -0.4 is 15.4 Å². The maximum atomic E-state index is 11.9. The van der Waals surface area contributed by atoms with Crippen molar-refractivity contribution in [3.63, 3.8) is 0 Å². The minimum absolute atomic E-state index is 0.127. The molecule has 6 heteroatoms. The first-order valence-corrected chi connectivity index (χ1v) is 6.33. The van der Waals surface area contributed by atoms with Crippen LogP contribution in [0.25, 0.3) is 0 Å². The zero-order valence-electron chi connectivity index (χ0n) is 12.3. The number of hydrogen-bond donors (Lipinski definition) is 2. The van der Waals surface area contributed by atoms with Crippen LogP contribution in [-0.4, -0.2) is 51.5 Å². The predicted octanol–water partition coefficient (Wildman–Crippen LogP) is 0.945. The number of methoxy groups -OCH3 is 1. The number of benzene rings is 1. The van der Waals surface area contributed by atoms with Crippen LogP contribution in [0.15, 0.2) is 18.2 Å². The molecule has 0 bridgehead atoms. The highest BCUT2D eigenvalue weighted by molar-refractivity contribution is 5.98. The van der Waals surface area contributed by atoms with Gasteiger partial charge in [0, 0.05) is 32.6 Å². The molecule has 0 saturated carbocycles. The highest BCUT2D eigenvalue weighted by Gasteiger charge is 2.13. The number of carbonyl (C=O) groups excluding carboxylic acids is 2. The Kier molecular flexibility index (Phi) is 5.99. The molecule has 2 amide bonds. The molecule has 0 unspecified atom stereocenters. The zero-order valence-corrected chi connectivity index (χ0v) is 12.3. The molecule has 1 rings (SSSR count). The van der Waals surface area contributed by atoms with E-state index in [2.05, 4.69) is 10.6 Å². The van der Waals surface area contributed by atoms with Crippen molar-refractivity contribution in [3.8, 4) is 5.75 Å². The van der Waals surface area contributed by atoms with Gasteiger partial charge in [-0.05, 0) is 25.2 Å². The molecule has 0 saturated heterocycles. The Morgan fingerprint density at radius 2 is 2.00 bits per heavy atom. The third-order valence-corrected chi connectivity index (χ3v) is 2.73. The number of carbonyl (C=O) groups is 2. The minimum atomic E-state index is -0.132. The summed E-state index contributed by atoms with van der Waals surface area (Å²) < 4.78 is 5.19. The summed E-state index contributed by atoms with van der Waals surface area (Å²) in [7, 11) is 6.66. The fourth-order valence-electron chi connectivity index (χ4n) is 1.65. The van der Waals surface area contributed by atoms with Crippen LogP contribution in [-0.2, 0) is 4.79 Å². The first kappa shape index (κ1) is 16.0. The molecule has 0 atom stereocenters. The van der Waals surface area contributed by atoms with E-state index in [9.17, 15) is 9.59 Å². The lowest BCUT2D eigenvalue weighted by Gasteiger charge is -2.14. The zero-order chi connectivity index (χ0) is 15.1. The normalized spacial score (nSPS) is 10.0. The Morgan fingerprint density at radius 1 is 1.30 bits per heavy atom. The van der Waals surface area contributed by atoms with Crippen molar-refractivity contribution in [1.82, 2.24) is 10.2 Å². The van der Waals surface area contributed by atoms with Gasteiger partial charge in [-0.15, -0.1) is 0 Å². The summed E-state index contributed by atoms with van der Waals surface area (Å²) in [5.74, 6) is 0.267. The number of amides is 2. The van der Waals surface area contributed by atoms with Gasteiger partial charge in [0.1, 0.15) is 5.75 Å². The SMILES string of the molecule is CNCCC(=O)Nc1cc(C(=O)N(C)C)ccc1OC. The first-order valence-electron chi connectivity index (χ1n) is 6.33. The van der Waals surface area contributed by atoms with Crippen LogP contribution in [0.5, 0.6) is 5.75 Å². The summed E-state index contributed by atoms with van der Waals surface area (Å²) in [6.45, 7) is 0.588. The van der Waals surface area contributed by atoms with E-state index >= 15 is 0 Å². The van der Waals surface area contributed by atoms with Gasteiger partial charge in [-0.25, -0.2) is 0 Å². The minimum Gasteiger partial charge on any atom is -0.495 e. The van der Waals surface area contributed by atoms with Gasteiger partial charge in [0.05, 0.1) is 12.8 Å². The molecule has 110 valence electrons. The number of ether oxygens (including phenoxy) is 1. The third kappa shape index (κ3) is 4.24. The van der Waals surface area contributed by atoms with Gasteiger partial charge in [-0.3, -0.25) is 9.59 Å². The maximum Gasteiger partial charge on any atom is 0.253 e. The number of nitrogens with zero attached hydrogens (tertiary/aromatic N) is 1. The Hall–Kier alpha value is -2.08. The fourth-order valence-corrected chi connectivity index (χ4v) is 1.65. The summed E-state index contributed by atoms with van der Waals surface area (Å²) in [4.78, 5) is 25.1. The van der Waals surface area contributed by atoms with E-state index in [1.807, 2.05) is 0 Å². The van der Waals surface area contributed by atoms with E-state index in [1.165, 1.54) is 12.0 Å². The van der Waals surface area contributed by atoms with E-state index in [0.29, 0.717) is 30.0 Å². The number of hydrogen-bond acceptors (Lipinski definition) is 4. The highest BCUT2D eigenvalue weighted by atomic mass is 16.5. The first-order chi connectivity index (χ1) is 9.49. The Morgan fingerprint density at radius 3 is 2.55 bits per heavy atom. The Labute approximate surface area is 119 Å². The molecular formula is C14H21N3O3. The monoisotopic (exact) mass is 279 g/mol. The van der Waals surface area contributed by atoms with Gasteiger partial charge >= 0.3 is 0 Å². The van der Waals surface area contributed by atoms with E-state index in [-0.39, 0.29) is 11.8 Å². The lowest BCUT2D eigenvalue weighted by Crippen LogP contribution is -2.22. The lowest BCUT2D eigenvalue weighted by molar-refractivity contribution is -0.116. The van der Waals surface area contributed by atoms with Gasteiger partial charge in [-0.2, -0.15) is 0 Å². The molecule has 0 heterocycles. The molecule has 6 nitrogen and oxygen atoms in total. The Balaban J connectivity index is 2.94.